The lowest BCUT2D eigenvalue weighted by molar-refractivity contribution is -0.125. The van der Waals surface area contributed by atoms with Gasteiger partial charge in [0.25, 0.3) is 0 Å². The maximum atomic E-state index is 13.1. The fourth-order valence-corrected chi connectivity index (χ4v) is 4.56. The fourth-order valence-electron chi connectivity index (χ4n) is 4.56. The molecular weight excluding hydrogens is 440 g/mol. The van der Waals surface area contributed by atoms with Crippen LogP contribution in [0.15, 0.2) is 61.1 Å². The van der Waals surface area contributed by atoms with Crippen LogP contribution in [0.1, 0.15) is 30.9 Å². The van der Waals surface area contributed by atoms with Gasteiger partial charge in [0.2, 0.25) is 5.91 Å². The van der Waals surface area contributed by atoms with Gasteiger partial charge in [0.1, 0.15) is 17.9 Å². The van der Waals surface area contributed by atoms with Gasteiger partial charge in [-0.1, -0.05) is 35.9 Å². The number of hydrogen-bond acceptors (Lipinski definition) is 6. The Morgan fingerprint density at radius 3 is 2.80 bits per heavy atom. The number of para-hydroxylation sites is 1. The first-order valence-electron chi connectivity index (χ1n) is 12.1. The van der Waals surface area contributed by atoms with Crippen LogP contribution >= 0.6 is 0 Å². The zero-order valence-electron chi connectivity index (χ0n) is 20.1. The molecule has 1 aliphatic heterocycles. The van der Waals surface area contributed by atoms with Crippen LogP contribution < -0.4 is 15.0 Å². The Labute approximate surface area is 205 Å². The van der Waals surface area contributed by atoms with Gasteiger partial charge in [-0.2, -0.15) is 0 Å². The average Bonchev–Trinajstić information content (AvgIpc) is 3.33. The molecule has 5 rings (SSSR count). The van der Waals surface area contributed by atoms with E-state index < -0.39 is 0 Å². The molecule has 1 fully saturated rings. The first-order valence-corrected chi connectivity index (χ1v) is 12.1. The Hall–Kier alpha value is -3.94. The molecule has 1 saturated heterocycles. The third kappa shape index (κ3) is 4.96. The third-order valence-corrected chi connectivity index (χ3v) is 6.41. The molecule has 1 N–H and O–H groups in total. The third-order valence-electron chi connectivity index (χ3n) is 6.41. The Kier molecular flexibility index (Phi) is 6.61. The minimum absolute atomic E-state index is 0.0571. The number of carbonyl (C=O) groups excluding carboxylic acids is 1. The van der Waals surface area contributed by atoms with Crippen molar-refractivity contribution < 1.29 is 9.53 Å². The van der Waals surface area contributed by atoms with Gasteiger partial charge in [0.15, 0.2) is 5.65 Å². The molecule has 0 aliphatic carbocycles. The number of amides is 1. The summed E-state index contributed by atoms with van der Waals surface area (Å²) >= 11 is 0. The number of fused-ring (bicyclic) bond motifs is 1. The van der Waals surface area contributed by atoms with E-state index in [0.29, 0.717) is 25.3 Å². The molecule has 2 aromatic carbocycles. The van der Waals surface area contributed by atoms with E-state index in [9.17, 15) is 4.79 Å². The number of aryl methyl sites for hydroxylation is 1. The number of nitrogens with zero attached hydrogens (tertiary/aromatic N) is 5. The van der Waals surface area contributed by atoms with Gasteiger partial charge in [-0.05, 0) is 44.9 Å². The number of benzene rings is 2. The van der Waals surface area contributed by atoms with Crippen LogP contribution in [0.3, 0.4) is 0 Å². The summed E-state index contributed by atoms with van der Waals surface area (Å²) in [6.07, 6.45) is 5.31. The minimum Gasteiger partial charge on any atom is -0.494 e. The molecule has 1 unspecified atom stereocenters. The number of piperidine rings is 1. The number of anilines is 1. The number of nitrogens with one attached hydrogen (secondary N) is 1. The largest absolute Gasteiger partial charge is 0.494 e. The lowest BCUT2D eigenvalue weighted by Crippen LogP contribution is -2.43. The van der Waals surface area contributed by atoms with E-state index in [2.05, 4.69) is 44.3 Å². The number of rotatable bonds is 7. The predicted octanol–water partition coefficient (Wildman–Crippen LogP) is 4.06. The Bertz CT molecular complexity index is 1320. The lowest BCUT2D eigenvalue weighted by atomic mass is 9.97. The Balaban J connectivity index is 1.31. The lowest BCUT2D eigenvalue weighted by Gasteiger charge is -2.33. The van der Waals surface area contributed by atoms with Gasteiger partial charge in [0, 0.05) is 31.4 Å². The highest BCUT2D eigenvalue weighted by Crippen LogP contribution is 2.28. The zero-order valence-corrected chi connectivity index (χ0v) is 20.1. The molecule has 180 valence electrons. The molecule has 3 heterocycles. The van der Waals surface area contributed by atoms with E-state index in [0.717, 1.165) is 47.6 Å². The van der Waals surface area contributed by atoms with Crippen molar-refractivity contribution in [3.63, 3.8) is 0 Å². The van der Waals surface area contributed by atoms with Crippen LogP contribution in [0.5, 0.6) is 5.75 Å². The van der Waals surface area contributed by atoms with E-state index in [4.69, 9.17) is 4.74 Å². The molecule has 8 nitrogen and oxygen atoms in total. The van der Waals surface area contributed by atoms with E-state index in [1.807, 2.05) is 54.2 Å². The summed E-state index contributed by atoms with van der Waals surface area (Å²) in [5, 5.41) is 8.66. The van der Waals surface area contributed by atoms with Gasteiger partial charge in [0.05, 0.1) is 23.6 Å². The van der Waals surface area contributed by atoms with Crippen LogP contribution in [0, 0.1) is 12.8 Å². The molecule has 4 aromatic rings. The number of carbonyl (C=O) groups is 1. The molecule has 35 heavy (non-hydrogen) atoms. The standard InChI is InChI=1S/C27H30N6O2/c1-3-35-24-9-5-4-7-20(24)15-28-27(34)21-8-6-14-32(16-21)26-23-17-33(31-25(23)29-18-30-26)22-12-10-19(2)11-13-22/h4-5,7,9-13,17-18,21H,3,6,8,14-16H2,1-2H3,(H,28,34). The van der Waals surface area contributed by atoms with Gasteiger partial charge in [-0.15, -0.1) is 5.10 Å². The summed E-state index contributed by atoms with van der Waals surface area (Å²) in [5.74, 6) is 1.59. The maximum absolute atomic E-state index is 13.1. The highest BCUT2D eigenvalue weighted by Gasteiger charge is 2.28. The van der Waals surface area contributed by atoms with Gasteiger partial charge in [-0.3, -0.25) is 4.79 Å². The second-order valence-corrected chi connectivity index (χ2v) is 8.89. The molecule has 8 heteroatoms. The molecule has 1 aliphatic rings. The van der Waals surface area contributed by atoms with Crippen LogP contribution in [0.25, 0.3) is 16.7 Å². The van der Waals surface area contributed by atoms with Crippen molar-refractivity contribution in [3.05, 3.63) is 72.2 Å². The summed E-state index contributed by atoms with van der Waals surface area (Å²) in [5.41, 5.74) is 3.80. The first-order chi connectivity index (χ1) is 17.1. The van der Waals surface area contributed by atoms with E-state index in [1.165, 1.54) is 5.56 Å². The van der Waals surface area contributed by atoms with E-state index >= 15 is 0 Å². The van der Waals surface area contributed by atoms with Gasteiger partial charge < -0.3 is 15.0 Å². The minimum atomic E-state index is -0.111. The molecule has 0 radical (unpaired) electrons. The summed E-state index contributed by atoms with van der Waals surface area (Å²) in [6.45, 7) is 6.52. The smallest absolute Gasteiger partial charge is 0.225 e. The predicted molar refractivity (Wildman–Crippen MR) is 136 cm³/mol. The zero-order chi connectivity index (χ0) is 24.2. The van der Waals surface area contributed by atoms with Crippen molar-refractivity contribution in [2.24, 2.45) is 5.92 Å². The van der Waals surface area contributed by atoms with E-state index in [-0.39, 0.29) is 11.8 Å². The Morgan fingerprint density at radius 1 is 1.14 bits per heavy atom. The van der Waals surface area contributed by atoms with Crippen molar-refractivity contribution in [2.45, 2.75) is 33.2 Å². The Morgan fingerprint density at radius 2 is 1.97 bits per heavy atom. The van der Waals surface area contributed by atoms with Crippen LogP contribution in [-0.4, -0.2) is 45.4 Å². The van der Waals surface area contributed by atoms with Gasteiger partial charge in [-0.25, -0.2) is 14.6 Å². The highest BCUT2D eigenvalue weighted by atomic mass is 16.5. The molecule has 2 aromatic heterocycles. The second-order valence-electron chi connectivity index (χ2n) is 8.89. The highest BCUT2D eigenvalue weighted by molar-refractivity contribution is 5.87. The van der Waals surface area contributed by atoms with Crippen LogP contribution in [-0.2, 0) is 11.3 Å². The van der Waals surface area contributed by atoms with Crippen LogP contribution in [0.4, 0.5) is 5.82 Å². The number of hydrogen-bond donors (Lipinski definition) is 1. The number of aromatic nitrogens is 4. The SMILES string of the molecule is CCOc1ccccc1CNC(=O)C1CCCN(c2ncnc3nn(-c4ccc(C)cc4)cc23)C1. The maximum Gasteiger partial charge on any atom is 0.225 e. The monoisotopic (exact) mass is 470 g/mol. The van der Waals surface area contributed by atoms with Crippen molar-refractivity contribution in [2.75, 3.05) is 24.6 Å². The summed E-state index contributed by atoms with van der Waals surface area (Å²) in [6, 6.07) is 16.0. The van der Waals surface area contributed by atoms with Crippen LogP contribution in [0.2, 0.25) is 0 Å². The normalized spacial score (nSPS) is 15.8. The molecular formula is C27H30N6O2. The fraction of sp³-hybridized carbons (Fsp3) is 0.333. The quantitative estimate of drug-likeness (QED) is 0.439. The molecule has 0 saturated carbocycles. The van der Waals surface area contributed by atoms with Gasteiger partial charge >= 0.3 is 0 Å². The van der Waals surface area contributed by atoms with E-state index in [1.54, 1.807) is 6.33 Å². The summed E-state index contributed by atoms with van der Waals surface area (Å²) in [7, 11) is 0. The van der Waals surface area contributed by atoms with Crippen molar-refractivity contribution in [1.29, 1.82) is 0 Å². The molecule has 1 atom stereocenters. The average molecular weight is 471 g/mol. The second kappa shape index (κ2) is 10.1. The molecule has 0 bridgehead atoms. The van der Waals surface area contributed by atoms with Crippen molar-refractivity contribution in [3.8, 4) is 11.4 Å². The first kappa shape index (κ1) is 22.8. The van der Waals surface area contributed by atoms with Crippen molar-refractivity contribution >= 4 is 22.8 Å². The molecule has 1 amide bonds. The van der Waals surface area contributed by atoms with Crippen molar-refractivity contribution in [1.82, 2.24) is 25.1 Å². The number of ether oxygens (including phenoxy) is 1. The molecule has 0 spiro atoms. The topological polar surface area (TPSA) is 85.2 Å². The summed E-state index contributed by atoms with van der Waals surface area (Å²) in [4.78, 5) is 24.2. The summed E-state index contributed by atoms with van der Waals surface area (Å²) < 4.78 is 7.53.